The van der Waals surface area contributed by atoms with Gasteiger partial charge >= 0.3 is 12.1 Å². The van der Waals surface area contributed by atoms with E-state index in [4.69, 9.17) is 4.74 Å². The summed E-state index contributed by atoms with van der Waals surface area (Å²) in [6.45, 7) is 1.46. The molecule has 0 aliphatic rings. The second kappa shape index (κ2) is 6.77. The molecule has 2 atom stereocenters. The van der Waals surface area contributed by atoms with Crippen molar-refractivity contribution >= 4 is 5.97 Å². The first-order valence-corrected chi connectivity index (χ1v) is 5.99. The summed E-state index contributed by atoms with van der Waals surface area (Å²) < 4.78 is 47.4. The van der Waals surface area contributed by atoms with Gasteiger partial charge < -0.3 is 19.7 Å². The third-order valence-corrected chi connectivity index (χ3v) is 2.66. The van der Waals surface area contributed by atoms with Crippen LogP contribution in [-0.2, 0) is 15.7 Å². The van der Waals surface area contributed by atoms with Crippen LogP contribution < -0.4 is 4.74 Å². The number of benzene rings is 1. The molecular weight excluding hydrogens is 293 g/mol. The van der Waals surface area contributed by atoms with E-state index in [2.05, 4.69) is 4.74 Å². The van der Waals surface area contributed by atoms with Gasteiger partial charge in [0.05, 0.1) is 19.3 Å². The Bertz CT molecular complexity index is 501. The summed E-state index contributed by atoms with van der Waals surface area (Å²) in [5.74, 6) is -1.28. The van der Waals surface area contributed by atoms with Gasteiger partial charge in [-0.3, -0.25) is 0 Å². The van der Waals surface area contributed by atoms with Crippen molar-refractivity contribution in [1.29, 1.82) is 0 Å². The number of alkyl halides is 3. The molecule has 0 fully saturated rings. The Morgan fingerprint density at radius 2 is 1.90 bits per heavy atom. The van der Waals surface area contributed by atoms with E-state index in [9.17, 15) is 28.2 Å². The molecule has 5 nitrogen and oxygen atoms in total. The predicted octanol–water partition coefficient (Wildman–Crippen LogP) is 1.67. The normalized spacial score (nSPS) is 14.4. The predicted molar refractivity (Wildman–Crippen MR) is 65.6 cm³/mol. The summed E-state index contributed by atoms with van der Waals surface area (Å²) in [6.07, 6.45) is -8.50. The Hall–Kier alpha value is -1.80. The van der Waals surface area contributed by atoms with E-state index in [0.717, 1.165) is 19.2 Å². The van der Waals surface area contributed by atoms with Crippen molar-refractivity contribution in [2.45, 2.75) is 25.3 Å². The number of aliphatic hydroxyl groups is 2. The summed E-state index contributed by atoms with van der Waals surface area (Å²) >= 11 is 0. The van der Waals surface area contributed by atoms with Crippen molar-refractivity contribution in [2.75, 3.05) is 13.7 Å². The van der Waals surface area contributed by atoms with E-state index >= 15 is 0 Å². The standard InChI is InChI=1S/C13H15F3O5/c1-3-21-12(19)11(18)10(17)7-4-8(13(14,15)16)6-9(5-7)20-2/h4-6,10-11,17-18H,3H2,1-2H3. The molecule has 0 amide bonds. The fourth-order valence-corrected chi connectivity index (χ4v) is 1.61. The van der Waals surface area contributed by atoms with Gasteiger partial charge in [0, 0.05) is 0 Å². The SMILES string of the molecule is CCOC(=O)C(O)C(O)c1cc(OC)cc(C(F)(F)F)c1. The average Bonchev–Trinajstić information content (AvgIpc) is 2.44. The molecule has 0 aliphatic carbocycles. The number of carbonyl (C=O) groups excluding carboxylic acids is 1. The first-order chi connectivity index (χ1) is 9.70. The maximum Gasteiger partial charge on any atom is 0.416 e. The number of aliphatic hydroxyl groups excluding tert-OH is 2. The topological polar surface area (TPSA) is 76.0 Å². The Morgan fingerprint density at radius 3 is 2.38 bits per heavy atom. The Kier molecular flexibility index (Phi) is 5.56. The highest BCUT2D eigenvalue weighted by atomic mass is 19.4. The van der Waals surface area contributed by atoms with E-state index in [0.29, 0.717) is 6.07 Å². The highest BCUT2D eigenvalue weighted by Gasteiger charge is 2.34. The second-order valence-electron chi connectivity index (χ2n) is 4.13. The number of hydrogen-bond donors (Lipinski definition) is 2. The molecule has 0 heterocycles. The molecule has 1 rings (SSSR count). The van der Waals surface area contributed by atoms with E-state index in [1.54, 1.807) is 0 Å². The lowest BCUT2D eigenvalue weighted by atomic mass is 10.0. The van der Waals surface area contributed by atoms with Crippen molar-refractivity contribution < 1.29 is 37.7 Å². The lowest BCUT2D eigenvalue weighted by Crippen LogP contribution is -2.30. The molecule has 0 saturated heterocycles. The van der Waals surface area contributed by atoms with Crippen LogP contribution in [0.1, 0.15) is 24.2 Å². The molecule has 0 aliphatic heterocycles. The maximum absolute atomic E-state index is 12.7. The first-order valence-electron chi connectivity index (χ1n) is 5.99. The number of halogens is 3. The van der Waals surface area contributed by atoms with Crippen molar-refractivity contribution in [3.63, 3.8) is 0 Å². The molecular formula is C13H15F3O5. The molecule has 21 heavy (non-hydrogen) atoms. The van der Waals surface area contributed by atoms with Crippen molar-refractivity contribution in [2.24, 2.45) is 0 Å². The minimum absolute atomic E-state index is 0.0332. The van der Waals surface area contributed by atoms with Crippen LogP contribution in [-0.4, -0.2) is 36.0 Å². The fraction of sp³-hybridized carbons (Fsp3) is 0.462. The number of carbonyl (C=O) groups is 1. The number of methoxy groups -OCH3 is 1. The second-order valence-corrected chi connectivity index (χ2v) is 4.13. The van der Waals surface area contributed by atoms with Gasteiger partial charge in [0.1, 0.15) is 11.9 Å². The molecule has 118 valence electrons. The lowest BCUT2D eigenvalue weighted by molar-refractivity contribution is -0.159. The van der Waals surface area contributed by atoms with Crippen LogP contribution in [0.2, 0.25) is 0 Å². The minimum atomic E-state index is -4.65. The van der Waals surface area contributed by atoms with Gasteiger partial charge in [-0.25, -0.2) is 4.79 Å². The monoisotopic (exact) mass is 308 g/mol. The van der Waals surface area contributed by atoms with Gasteiger partial charge in [-0.1, -0.05) is 0 Å². The molecule has 0 aromatic heterocycles. The Balaban J connectivity index is 3.14. The van der Waals surface area contributed by atoms with Gasteiger partial charge in [0.15, 0.2) is 6.10 Å². The summed E-state index contributed by atoms with van der Waals surface area (Å²) in [5, 5.41) is 19.4. The average molecular weight is 308 g/mol. The molecule has 2 unspecified atom stereocenters. The van der Waals surface area contributed by atoms with Crippen LogP contribution in [0.5, 0.6) is 5.75 Å². The summed E-state index contributed by atoms with van der Waals surface area (Å²) in [5.41, 5.74) is -1.37. The zero-order chi connectivity index (χ0) is 16.2. The first kappa shape index (κ1) is 17.3. The molecule has 2 N–H and O–H groups in total. The van der Waals surface area contributed by atoms with Crippen LogP contribution in [0.25, 0.3) is 0 Å². The molecule has 0 bridgehead atoms. The van der Waals surface area contributed by atoms with Gasteiger partial charge in [-0.2, -0.15) is 13.2 Å². The van der Waals surface area contributed by atoms with Crippen LogP contribution in [0.15, 0.2) is 18.2 Å². The van der Waals surface area contributed by atoms with Crippen molar-refractivity contribution in [3.05, 3.63) is 29.3 Å². The summed E-state index contributed by atoms with van der Waals surface area (Å²) in [7, 11) is 1.16. The number of rotatable bonds is 5. The zero-order valence-electron chi connectivity index (χ0n) is 11.3. The summed E-state index contributed by atoms with van der Waals surface area (Å²) in [4.78, 5) is 11.3. The van der Waals surface area contributed by atoms with E-state index in [-0.39, 0.29) is 17.9 Å². The maximum atomic E-state index is 12.7. The van der Waals surface area contributed by atoms with Crippen LogP contribution >= 0.6 is 0 Å². The van der Waals surface area contributed by atoms with Gasteiger partial charge in [0.2, 0.25) is 0 Å². The largest absolute Gasteiger partial charge is 0.497 e. The third-order valence-electron chi connectivity index (χ3n) is 2.66. The number of ether oxygens (including phenoxy) is 2. The highest BCUT2D eigenvalue weighted by molar-refractivity contribution is 5.75. The Labute approximate surface area is 118 Å². The molecule has 0 spiro atoms. The van der Waals surface area contributed by atoms with E-state index in [1.807, 2.05) is 0 Å². The fourth-order valence-electron chi connectivity index (χ4n) is 1.61. The quantitative estimate of drug-likeness (QED) is 0.809. The number of hydrogen-bond acceptors (Lipinski definition) is 5. The van der Waals surface area contributed by atoms with Gasteiger partial charge in [-0.05, 0) is 30.7 Å². The third kappa shape index (κ3) is 4.33. The van der Waals surface area contributed by atoms with E-state index < -0.39 is 29.9 Å². The minimum Gasteiger partial charge on any atom is -0.497 e. The summed E-state index contributed by atoms with van der Waals surface area (Å²) in [6, 6.07) is 2.48. The lowest BCUT2D eigenvalue weighted by Gasteiger charge is -2.19. The van der Waals surface area contributed by atoms with E-state index in [1.165, 1.54) is 6.92 Å². The zero-order valence-corrected chi connectivity index (χ0v) is 11.3. The Morgan fingerprint density at radius 1 is 1.29 bits per heavy atom. The molecule has 1 aromatic carbocycles. The van der Waals surface area contributed by atoms with Crippen LogP contribution in [0.3, 0.4) is 0 Å². The van der Waals surface area contributed by atoms with Crippen LogP contribution in [0.4, 0.5) is 13.2 Å². The van der Waals surface area contributed by atoms with Gasteiger partial charge in [0.25, 0.3) is 0 Å². The highest BCUT2D eigenvalue weighted by Crippen LogP contribution is 2.34. The smallest absolute Gasteiger partial charge is 0.416 e. The molecule has 0 radical (unpaired) electrons. The van der Waals surface area contributed by atoms with Crippen molar-refractivity contribution in [1.82, 2.24) is 0 Å². The molecule has 0 saturated carbocycles. The molecule has 8 heteroatoms. The van der Waals surface area contributed by atoms with Crippen molar-refractivity contribution in [3.8, 4) is 5.75 Å². The molecule has 1 aromatic rings. The number of esters is 1. The van der Waals surface area contributed by atoms with Gasteiger partial charge in [-0.15, -0.1) is 0 Å². The van der Waals surface area contributed by atoms with Crippen LogP contribution in [0, 0.1) is 0 Å².